The van der Waals surface area contributed by atoms with Gasteiger partial charge in [-0.05, 0) is 0 Å². The minimum absolute atomic E-state index is 0.0831. The normalized spacial score (nSPS) is 41.6. The van der Waals surface area contributed by atoms with Crippen molar-refractivity contribution in [3.63, 3.8) is 0 Å². The van der Waals surface area contributed by atoms with E-state index >= 15 is 0 Å². The first-order chi connectivity index (χ1) is 15.6. The smallest absolute Gasteiger partial charge is 0.187 e. The Morgan fingerprint density at radius 1 is 0.667 bits per heavy atom. The minimum atomic E-state index is -1.77. The van der Waals surface area contributed by atoms with Gasteiger partial charge in [0.05, 0.1) is 50.4 Å². The third-order valence-electron chi connectivity index (χ3n) is 5.16. The van der Waals surface area contributed by atoms with Gasteiger partial charge in [-0.15, -0.1) is 23.2 Å². The van der Waals surface area contributed by atoms with Crippen molar-refractivity contribution in [3.05, 3.63) is 0 Å². The quantitative estimate of drug-likeness (QED) is 0.114. The van der Waals surface area contributed by atoms with Crippen LogP contribution in [0.2, 0.25) is 0 Å². The molecule has 33 heavy (non-hydrogen) atoms. The molecule has 2 rings (SSSR count). The van der Waals surface area contributed by atoms with Gasteiger partial charge in [-0.25, -0.2) is 0 Å². The van der Waals surface area contributed by atoms with Crippen LogP contribution in [0.1, 0.15) is 0 Å². The van der Waals surface area contributed by atoms with E-state index in [-0.39, 0.29) is 38.2 Å². The molecule has 0 amide bonds. The predicted molar refractivity (Wildman–Crippen MR) is 110 cm³/mol. The third-order valence-corrected chi connectivity index (χ3v) is 5.87. The van der Waals surface area contributed by atoms with E-state index in [4.69, 9.17) is 46.9 Å². The van der Waals surface area contributed by atoms with Crippen LogP contribution in [-0.4, -0.2) is 153 Å². The average molecular weight is 527 g/mol. The summed E-state index contributed by atoms with van der Waals surface area (Å²) in [5, 5.41) is 79.8. The summed E-state index contributed by atoms with van der Waals surface area (Å²) in [5.41, 5.74) is 0. The molecule has 15 heteroatoms. The van der Waals surface area contributed by atoms with Gasteiger partial charge in [0.1, 0.15) is 48.8 Å². The second kappa shape index (κ2) is 14.0. The molecule has 8 N–H and O–H groups in total. The van der Waals surface area contributed by atoms with E-state index in [0.717, 1.165) is 0 Å². The van der Waals surface area contributed by atoms with Gasteiger partial charge >= 0.3 is 0 Å². The van der Waals surface area contributed by atoms with Crippen molar-refractivity contribution < 1.29 is 64.5 Å². The van der Waals surface area contributed by atoms with Crippen molar-refractivity contribution in [3.8, 4) is 0 Å². The molecule has 13 nitrogen and oxygen atoms in total. The van der Waals surface area contributed by atoms with Crippen LogP contribution in [0.4, 0.5) is 0 Å². The highest BCUT2D eigenvalue weighted by Crippen LogP contribution is 2.29. The van der Waals surface area contributed by atoms with Crippen molar-refractivity contribution >= 4 is 23.2 Å². The zero-order valence-electron chi connectivity index (χ0n) is 17.5. The molecule has 2 fully saturated rings. The van der Waals surface area contributed by atoms with Gasteiger partial charge < -0.3 is 64.5 Å². The Labute approximate surface area is 199 Å². The van der Waals surface area contributed by atoms with Crippen molar-refractivity contribution in [1.82, 2.24) is 0 Å². The number of hydrogen-bond donors (Lipinski definition) is 8. The van der Waals surface area contributed by atoms with E-state index in [9.17, 15) is 40.9 Å². The molecule has 12 unspecified atom stereocenters. The Morgan fingerprint density at radius 3 is 1.76 bits per heavy atom. The largest absolute Gasteiger partial charge is 0.389 e. The lowest BCUT2D eigenvalue weighted by Crippen LogP contribution is -2.64. The molecule has 0 aromatic carbocycles. The summed E-state index contributed by atoms with van der Waals surface area (Å²) < 4.78 is 26.8. The fourth-order valence-electron chi connectivity index (χ4n) is 3.27. The zero-order valence-corrected chi connectivity index (χ0v) is 19.1. The molecule has 0 bridgehead atoms. The lowest BCUT2D eigenvalue weighted by atomic mass is 9.97. The molecule has 2 aliphatic rings. The number of hydrogen-bond acceptors (Lipinski definition) is 13. The molecular weight excluding hydrogens is 495 g/mol. The van der Waals surface area contributed by atoms with Gasteiger partial charge in [-0.2, -0.15) is 0 Å². The van der Waals surface area contributed by atoms with E-state index < -0.39 is 73.6 Å². The number of aliphatic hydroxyl groups excluding tert-OH is 8. The van der Waals surface area contributed by atoms with E-state index in [0.29, 0.717) is 0 Å². The van der Waals surface area contributed by atoms with Crippen LogP contribution in [-0.2, 0) is 23.7 Å². The lowest BCUT2D eigenvalue weighted by molar-refractivity contribution is -0.356. The molecule has 0 aromatic heterocycles. The molecule has 12 atom stereocenters. The average Bonchev–Trinajstić information content (AvgIpc) is 2.80. The van der Waals surface area contributed by atoms with Crippen LogP contribution in [0.25, 0.3) is 0 Å². The standard InChI is InChI=1S/C18H32Cl2O13/c19-1-7(21)3-29-5-9-11(23)12(24)15(27)18(32-9)33-16-10(6-30-4-8(22)2-20)31-17(28)14(26)13(16)25/h7-18,21-28H,1-6H2. The molecule has 0 spiro atoms. The molecule has 2 heterocycles. The summed E-state index contributed by atoms with van der Waals surface area (Å²) >= 11 is 11.0. The Hall–Kier alpha value is 0.0600. The maximum absolute atomic E-state index is 10.4. The van der Waals surface area contributed by atoms with Crippen LogP contribution < -0.4 is 0 Å². The maximum atomic E-state index is 10.4. The second-order valence-electron chi connectivity index (χ2n) is 7.85. The number of halogens is 2. The van der Waals surface area contributed by atoms with Gasteiger partial charge in [-0.3, -0.25) is 0 Å². The summed E-state index contributed by atoms with van der Waals surface area (Å²) in [6.45, 7) is -0.970. The van der Waals surface area contributed by atoms with Crippen molar-refractivity contribution in [2.24, 2.45) is 0 Å². The summed E-state index contributed by atoms with van der Waals surface area (Å²) in [5.74, 6) is -0.177. The van der Waals surface area contributed by atoms with Gasteiger partial charge in [0.2, 0.25) is 0 Å². The Balaban J connectivity index is 2.06. The predicted octanol–water partition coefficient (Wildman–Crippen LogP) is -4.15. The minimum Gasteiger partial charge on any atom is -0.389 e. The van der Waals surface area contributed by atoms with E-state index in [1.165, 1.54) is 0 Å². The number of rotatable bonds is 12. The topological polar surface area (TPSA) is 208 Å². The second-order valence-corrected chi connectivity index (χ2v) is 8.47. The summed E-state index contributed by atoms with van der Waals surface area (Å²) in [7, 11) is 0. The van der Waals surface area contributed by atoms with Crippen molar-refractivity contribution in [2.75, 3.05) is 38.2 Å². The Bertz CT molecular complexity index is 563. The Kier molecular flexibility index (Phi) is 12.4. The van der Waals surface area contributed by atoms with Crippen molar-refractivity contribution in [1.29, 1.82) is 0 Å². The van der Waals surface area contributed by atoms with Crippen LogP contribution in [0, 0.1) is 0 Å². The van der Waals surface area contributed by atoms with E-state index in [1.54, 1.807) is 0 Å². The lowest BCUT2D eigenvalue weighted by Gasteiger charge is -2.45. The number of alkyl halides is 2. The van der Waals surface area contributed by atoms with Crippen LogP contribution >= 0.6 is 23.2 Å². The summed E-state index contributed by atoms with van der Waals surface area (Å²) in [6, 6.07) is 0. The molecule has 0 saturated carbocycles. The molecule has 2 saturated heterocycles. The van der Waals surface area contributed by atoms with Crippen LogP contribution in [0.15, 0.2) is 0 Å². The fourth-order valence-corrected chi connectivity index (χ4v) is 3.45. The highest BCUT2D eigenvalue weighted by atomic mass is 35.5. The van der Waals surface area contributed by atoms with Gasteiger partial charge in [-0.1, -0.05) is 0 Å². The van der Waals surface area contributed by atoms with Gasteiger partial charge in [0, 0.05) is 0 Å². The highest BCUT2D eigenvalue weighted by Gasteiger charge is 2.50. The van der Waals surface area contributed by atoms with Crippen molar-refractivity contribution in [2.45, 2.75) is 73.6 Å². The van der Waals surface area contributed by atoms with Gasteiger partial charge in [0.15, 0.2) is 12.6 Å². The first-order valence-electron chi connectivity index (χ1n) is 10.3. The number of aliphatic hydroxyl groups is 8. The third kappa shape index (κ3) is 8.03. The first kappa shape index (κ1) is 29.3. The van der Waals surface area contributed by atoms with E-state index in [2.05, 4.69) is 0 Å². The van der Waals surface area contributed by atoms with Crippen LogP contribution in [0.5, 0.6) is 0 Å². The monoisotopic (exact) mass is 526 g/mol. The first-order valence-corrected chi connectivity index (χ1v) is 11.4. The van der Waals surface area contributed by atoms with E-state index in [1.807, 2.05) is 0 Å². The Morgan fingerprint density at radius 2 is 1.21 bits per heavy atom. The van der Waals surface area contributed by atoms with Crippen LogP contribution in [0.3, 0.4) is 0 Å². The summed E-state index contributed by atoms with van der Waals surface area (Å²) in [4.78, 5) is 0. The molecule has 0 radical (unpaired) electrons. The fraction of sp³-hybridized carbons (Fsp3) is 1.00. The maximum Gasteiger partial charge on any atom is 0.187 e. The zero-order chi connectivity index (χ0) is 24.7. The molecular formula is C18H32Cl2O13. The molecule has 2 aliphatic heterocycles. The SMILES string of the molecule is OC(CCl)COCC1OC(OC2C(COCC(O)CCl)OC(O)C(O)C2O)C(O)C(O)C1O. The molecule has 0 aliphatic carbocycles. The highest BCUT2D eigenvalue weighted by molar-refractivity contribution is 6.18. The molecule has 196 valence electrons. The number of ether oxygens (including phenoxy) is 5. The summed E-state index contributed by atoms with van der Waals surface area (Å²) in [6.07, 6.45) is -17.7. The van der Waals surface area contributed by atoms with Gasteiger partial charge in [0.25, 0.3) is 0 Å². The molecule has 0 aromatic rings.